The van der Waals surface area contributed by atoms with Crippen molar-refractivity contribution < 1.29 is 37.4 Å². The summed E-state index contributed by atoms with van der Waals surface area (Å²) < 4.78 is 41.2. The summed E-state index contributed by atoms with van der Waals surface area (Å²) in [6.45, 7) is -0.390. The van der Waals surface area contributed by atoms with Gasteiger partial charge in [0.1, 0.15) is 30.6 Å². The van der Waals surface area contributed by atoms with Crippen molar-refractivity contribution in [2.45, 2.75) is 25.5 Å². The number of rotatable bonds is 7. The van der Waals surface area contributed by atoms with Crippen LogP contribution in [0, 0.1) is 11.6 Å². The first kappa shape index (κ1) is 29.2. The maximum atomic E-state index is 15.2. The number of fused-ring (bicyclic) bond motifs is 2. The van der Waals surface area contributed by atoms with E-state index in [-0.39, 0.29) is 62.6 Å². The van der Waals surface area contributed by atoms with E-state index in [0.717, 1.165) is 11.0 Å². The SMILES string of the molecule is COc1cc2ncnc(Nc3ccc(Cl)c(Cl)c3F)c2cc1OCc1cc2c(cc1F)C(=O)N(C1CCC(=O)NC1=O)C2=O. The van der Waals surface area contributed by atoms with E-state index in [2.05, 4.69) is 20.6 Å². The Morgan fingerprint density at radius 3 is 2.50 bits per heavy atom. The maximum absolute atomic E-state index is 15.2. The van der Waals surface area contributed by atoms with Gasteiger partial charge in [0.05, 0.1) is 39.5 Å². The van der Waals surface area contributed by atoms with E-state index >= 15 is 4.39 Å². The Bertz CT molecular complexity index is 1920. The first-order chi connectivity index (χ1) is 21.1. The van der Waals surface area contributed by atoms with Gasteiger partial charge in [0.25, 0.3) is 11.8 Å². The molecule has 224 valence electrons. The number of benzene rings is 3. The minimum atomic E-state index is -1.19. The normalized spacial score (nSPS) is 16.3. The van der Waals surface area contributed by atoms with Crippen LogP contribution in [0.2, 0.25) is 10.0 Å². The molecule has 4 aromatic rings. The summed E-state index contributed by atoms with van der Waals surface area (Å²) in [6, 6.07) is 6.78. The second kappa shape index (κ2) is 11.3. The number of hydrogen-bond donors (Lipinski definition) is 2. The van der Waals surface area contributed by atoms with Gasteiger partial charge in [-0.05, 0) is 36.8 Å². The highest BCUT2D eigenvalue weighted by Crippen LogP contribution is 2.37. The molecule has 15 heteroatoms. The predicted octanol–water partition coefficient (Wildman–Crippen LogP) is 4.95. The van der Waals surface area contributed by atoms with Crippen LogP contribution in [0.3, 0.4) is 0 Å². The van der Waals surface area contributed by atoms with Gasteiger partial charge in [0, 0.05) is 23.4 Å². The smallest absolute Gasteiger partial charge is 0.262 e. The third kappa shape index (κ3) is 5.03. The molecule has 2 aliphatic rings. The minimum Gasteiger partial charge on any atom is -0.493 e. The van der Waals surface area contributed by atoms with Gasteiger partial charge >= 0.3 is 0 Å². The number of carbonyl (C=O) groups excluding carboxylic acids is 4. The maximum Gasteiger partial charge on any atom is 0.262 e. The largest absolute Gasteiger partial charge is 0.493 e. The molecule has 1 fully saturated rings. The van der Waals surface area contributed by atoms with Crippen LogP contribution in [-0.2, 0) is 16.2 Å². The van der Waals surface area contributed by atoms with Crippen molar-refractivity contribution >= 4 is 69.2 Å². The Kier molecular flexibility index (Phi) is 7.51. The number of hydrogen-bond acceptors (Lipinski definition) is 9. The lowest BCUT2D eigenvalue weighted by atomic mass is 10.0. The molecular formula is C29H19Cl2F2N5O6. The van der Waals surface area contributed by atoms with Gasteiger partial charge < -0.3 is 14.8 Å². The Morgan fingerprint density at radius 1 is 1.02 bits per heavy atom. The summed E-state index contributed by atoms with van der Waals surface area (Å²) >= 11 is 11.8. The molecule has 6 rings (SSSR count). The van der Waals surface area contributed by atoms with Crippen LogP contribution in [0.5, 0.6) is 11.5 Å². The highest BCUT2D eigenvalue weighted by atomic mass is 35.5. The lowest BCUT2D eigenvalue weighted by Crippen LogP contribution is -2.54. The van der Waals surface area contributed by atoms with Gasteiger partial charge in [-0.1, -0.05) is 23.2 Å². The molecule has 3 heterocycles. The molecule has 1 aromatic heterocycles. The van der Waals surface area contributed by atoms with E-state index in [4.69, 9.17) is 32.7 Å². The highest BCUT2D eigenvalue weighted by molar-refractivity contribution is 6.42. The summed E-state index contributed by atoms with van der Waals surface area (Å²) in [4.78, 5) is 59.1. The van der Waals surface area contributed by atoms with Crippen LogP contribution < -0.4 is 20.1 Å². The molecule has 1 saturated heterocycles. The molecule has 0 radical (unpaired) electrons. The van der Waals surface area contributed by atoms with Crippen LogP contribution in [0.4, 0.5) is 20.3 Å². The lowest BCUT2D eigenvalue weighted by Gasteiger charge is -2.27. The number of piperidine rings is 1. The molecule has 0 spiro atoms. The zero-order valence-electron chi connectivity index (χ0n) is 22.5. The summed E-state index contributed by atoms with van der Waals surface area (Å²) in [5, 5.41) is 5.13. The molecule has 2 N–H and O–H groups in total. The molecule has 1 atom stereocenters. The fourth-order valence-corrected chi connectivity index (χ4v) is 5.30. The first-order valence-electron chi connectivity index (χ1n) is 13.0. The number of nitrogens with one attached hydrogen (secondary N) is 2. The third-order valence-corrected chi connectivity index (χ3v) is 7.98. The second-order valence-corrected chi connectivity index (χ2v) is 10.6. The number of nitrogens with zero attached hydrogens (tertiary/aromatic N) is 3. The van der Waals surface area contributed by atoms with E-state index in [1.807, 2.05) is 0 Å². The Balaban J connectivity index is 1.29. The van der Waals surface area contributed by atoms with Crippen molar-refractivity contribution in [2.75, 3.05) is 12.4 Å². The van der Waals surface area contributed by atoms with Gasteiger partial charge in [0.15, 0.2) is 17.3 Å². The molecular weight excluding hydrogens is 623 g/mol. The number of amides is 4. The summed E-state index contributed by atoms with van der Waals surface area (Å²) in [5.41, 5.74) is 0.0510. The van der Waals surface area contributed by atoms with Crippen LogP contribution in [0.25, 0.3) is 10.9 Å². The summed E-state index contributed by atoms with van der Waals surface area (Å²) in [5.74, 6) is -3.94. The third-order valence-electron chi connectivity index (χ3n) is 7.20. The van der Waals surface area contributed by atoms with Crippen LogP contribution in [0.15, 0.2) is 42.7 Å². The van der Waals surface area contributed by atoms with Gasteiger partial charge in [-0.15, -0.1) is 0 Å². The van der Waals surface area contributed by atoms with Crippen molar-refractivity contribution in [1.82, 2.24) is 20.2 Å². The monoisotopic (exact) mass is 641 g/mol. The fourth-order valence-electron chi connectivity index (χ4n) is 4.99. The molecule has 0 aliphatic carbocycles. The first-order valence-corrected chi connectivity index (χ1v) is 13.7. The lowest BCUT2D eigenvalue weighted by molar-refractivity contribution is -0.136. The zero-order valence-corrected chi connectivity index (χ0v) is 24.1. The molecule has 0 bridgehead atoms. The van der Waals surface area contributed by atoms with E-state index in [0.29, 0.717) is 10.9 Å². The molecule has 1 unspecified atom stereocenters. The van der Waals surface area contributed by atoms with Gasteiger partial charge in [-0.25, -0.2) is 18.7 Å². The number of methoxy groups -OCH3 is 1. The van der Waals surface area contributed by atoms with Gasteiger partial charge in [-0.2, -0.15) is 0 Å². The number of ether oxygens (including phenoxy) is 2. The van der Waals surface area contributed by atoms with Crippen LogP contribution in [0.1, 0.15) is 39.1 Å². The Labute approximate surface area is 257 Å². The number of anilines is 2. The van der Waals surface area contributed by atoms with Crippen molar-refractivity contribution in [1.29, 1.82) is 0 Å². The molecule has 3 aromatic carbocycles. The van der Waals surface area contributed by atoms with Crippen LogP contribution in [-0.4, -0.2) is 51.6 Å². The Morgan fingerprint density at radius 2 is 1.77 bits per heavy atom. The molecule has 0 saturated carbocycles. The van der Waals surface area contributed by atoms with Crippen molar-refractivity contribution in [3.8, 4) is 11.5 Å². The standard InChI is InChI=1S/C29H19Cl2F2N5O6/c1-43-21-9-19-15(26(35-11-34-19)36-18-3-2-16(30)24(31)25(18)33)8-22(21)44-10-12-6-13-14(7-17(12)32)29(42)38(28(13)41)20-4-5-23(39)37-27(20)40/h2-3,6-9,11,20H,4-5,10H2,1H3,(H,34,35,36)(H,37,39,40). The van der Waals surface area contributed by atoms with Gasteiger partial charge in [-0.3, -0.25) is 29.4 Å². The molecule has 2 aliphatic heterocycles. The number of aromatic nitrogens is 2. The van der Waals surface area contributed by atoms with Crippen LogP contribution >= 0.6 is 23.2 Å². The zero-order chi connectivity index (χ0) is 31.3. The van der Waals surface area contributed by atoms with Crippen molar-refractivity contribution in [3.63, 3.8) is 0 Å². The minimum absolute atomic E-state index is 0.00321. The van der Waals surface area contributed by atoms with E-state index < -0.39 is 47.9 Å². The summed E-state index contributed by atoms with van der Waals surface area (Å²) in [7, 11) is 1.39. The predicted molar refractivity (Wildman–Crippen MR) is 153 cm³/mol. The number of imide groups is 2. The van der Waals surface area contributed by atoms with E-state index in [1.54, 1.807) is 6.07 Å². The molecule has 44 heavy (non-hydrogen) atoms. The quantitative estimate of drug-likeness (QED) is 0.212. The number of halogens is 4. The summed E-state index contributed by atoms with van der Waals surface area (Å²) in [6.07, 6.45) is 1.18. The second-order valence-electron chi connectivity index (χ2n) is 9.82. The van der Waals surface area contributed by atoms with Crippen molar-refractivity contribution in [3.05, 3.63) is 81.1 Å². The Hall–Kier alpha value is -4.88. The van der Waals surface area contributed by atoms with Gasteiger partial charge in [0.2, 0.25) is 11.8 Å². The number of carbonyl (C=O) groups is 4. The van der Waals surface area contributed by atoms with Crippen molar-refractivity contribution in [2.24, 2.45) is 0 Å². The van der Waals surface area contributed by atoms with E-state index in [9.17, 15) is 23.6 Å². The fraction of sp³-hybridized carbons (Fsp3) is 0.172. The average Bonchev–Trinajstić information content (AvgIpc) is 3.24. The van der Waals surface area contributed by atoms with E-state index in [1.165, 1.54) is 37.7 Å². The molecule has 11 nitrogen and oxygen atoms in total. The topological polar surface area (TPSA) is 140 Å². The molecule has 4 amide bonds. The average molecular weight is 642 g/mol. The highest BCUT2D eigenvalue weighted by Gasteiger charge is 2.45.